The van der Waals surface area contributed by atoms with Gasteiger partial charge in [-0.15, -0.1) is 0 Å². The van der Waals surface area contributed by atoms with Crippen LogP contribution < -0.4 is 14.5 Å². The molecule has 0 unspecified atom stereocenters. The molecule has 1 atom stereocenters. The van der Waals surface area contributed by atoms with Crippen LogP contribution in [0.25, 0.3) is 0 Å². The van der Waals surface area contributed by atoms with Gasteiger partial charge in [0, 0.05) is 63.0 Å². The first-order chi connectivity index (χ1) is 16.7. The number of rotatable bonds is 7. The zero-order valence-electron chi connectivity index (χ0n) is 20.7. The number of hydrogen-bond donors (Lipinski definition) is 1. The number of anilines is 2. The van der Waals surface area contributed by atoms with Crippen LogP contribution in [0.15, 0.2) is 47.4 Å². The molecule has 8 nitrogen and oxygen atoms in total. The summed E-state index contributed by atoms with van der Waals surface area (Å²) in [6.45, 7) is 8.57. The van der Waals surface area contributed by atoms with Crippen LogP contribution in [0.2, 0.25) is 0 Å². The molecule has 1 saturated heterocycles. The summed E-state index contributed by atoms with van der Waals surface area (Å²) < 4.78 is 28.2. The fraction of sp³-hybridized carbons (Fsp3) is 0.462. The molecule has 0 saturated carbocycles. The van der Waals surface area contributed by atoms with Crippen molar-refractivity contribution in [2.75, 3.05) is 42.5 Å². The van der Waals surface area contributed by atoms with Crippen molar-refractivity contribution in [2.24, 2.45) is 0 Å². The van der Waals surface area contributed by atoms with E-state index in [0.29, 0.717) is 32.5 Å². The van der Waals surface area contributed by atoms with Crippen LogP contribution in [0.3, 0.4) is 0 Å². The van der Waals surface area contributed by atoms with Crippen LogP contribution in [0.1, 0.15) is 37.8 Å². The first-order valence-electron chi connectivity index (χ1n) is 12.2. The molecule has 2 aliphatic heterocycles. The fourth-order valence-corrected chi connectivity index (χ4v) is 5.99. The van der Waals surface area contributed by atoms with Crippen molar-refractivity contribution in [3.8, 4) is 0 Å². The third kappa shape index (κ3) is 5.51. The van der Waals surface area contributed by atoms with Crippen molar-refractivity contribution >= 4 is 33.2 Å². The molecule has 0 aliphatic carbocycles. The second-order valence-electron chi connectivity index (χ2n) is 9.31. The molecule has 2 aliphatic rings. The van der Waals surface area contributed by atoms with E-state index in [9.17, 15) is 18.0 Å². The lowest BCUT2D eigenvalue weighted by atomic mass is 10.1. The van der Waals surface area contributed by atoms with Gasteiger partial charge in [-0.2, -0.15) is 0 Å². The van der Waals surface area contributed by atoms with E-state index in [1.54, 1.807) is 17.0 Å². The highest BCUT2D eigenvalue weighted by Gasteiger charge is 2.28. The highest BCUT2D eigenvalue weighted by Crippen LogP contribution is 2.30. The quantitative estimate of drug-likeness (QED) is 0.634. The zero-order valence-corrected chi connectivity index (χ0v) is 21.5. The highest BCUT2D eigenvalue weighted by molar-refractivity contribution is 7.89. The van der Waals surface area contributed by atoms with E-state index in [-0.39, 0.29) is 35.7 Å². The number of sulfonamides is 1. The Kier molecular flexibility index (Phi) is 7.47. The minimum Gasteiger partial charge on any atom is -0.365 e. The zero-order chi connectivity index (χ0) is 25.2. The molecule has 1 N–H and O–H groups in total. The number of fused-ring (bicyclic) bond motifs is 1. The number of carbonyl (C=O) groups is 2. The number of piperazine rings is 1. The molecular weight excluding hydrogens is 464 g/mol. The largest absolute Gasteiger partial charge is 0.365 e. The van der Waals surface area contributed by atoms with Gasteiger partial charge in [0.05, 0.1) is 4.90 Å². The second-order valence-corrected chi connectivity index (χ2v) is 11.1. The normalized spacial score (nSPS) is 18.0. The Hall–Kier alpha value is -2.91. The number of hydrogen-bond acceptors (Lipinski definition) is 5. The number of nitrogens with one attached hydrogen (secondary N) is 1. The first-order valence-corrected chi connectivity index (χ1v) is 13.7. The van der Waals surface area contributed by atoms with Gasteiger partial charge >= 0.3 is 0 Å². The number of benzene rings is 2. The summed E-state index contributed by atoms with van der Waals surface area (Å²) in [5.74, 6) is -0.0175. The average molecular weight is 499 g/mol. The Morgan fingerprint density at radius 1 is 1.06 bits per heavy atom. The number of amides is 2. The van der Waals surface area contributed by atoms with E-state index in [0.717, 1.165) is 23.5 Å². The molecule has 9 heteroatoms. The first kappa shape index (κ1) is 25.2. The Labute approximate surface area is 207 Å². The van der Waals surface area contributed by atoms with E-state index < -0.39 is 10.0 Å². The average Bonchev–Trinajstić information content (AvgIpc) is 3.26. The van der Waals surface area contributed by atoms with Crippen molar-refractivity contribution in [1.82, 2.24) is 9.62 Å². The van der Waals surface area contributed by atoms with E-state index in [2.05, 4.69) is 41.7 Å². The van der Waals surface area contributed by atoms with Crippen molar-refractivity contribution in [3.05, 3.63) is 53.6 Å². The standard InChI is InChI=1S/C26H34N4O4S/c1-4-25(31)30-13-11-21-17-23(8-9-24(21)30)35(33,34)27-12-10-26(32)28-14-15-29(20(3)18-28)22-7-5-6-19(2)16-22/h5-9,16-17,20,27H,4,10-15,18H2,1-3H3/t20-/m0/s1. The number of carbonyl (C=O) groups excluding carboxylic acids is 2. The number of aryl methyl sites for hydroxylation is 1. The smallest absolute Gasteiger partial charge is 0.240 e. The summed E-state index contributed by atoms with van der Waals surface area (Å²) in [5, 5.41) is 0. The SMILES string of the molecule is CCC(=O)N1CCc2cc(S(=O)(=O)NCCC(=O)N3CCN(c4cccc(C)c4)[C@@H](C)C3)ccc21. The Bertz CT molecular complexity index is 1210. The fourth-order valence-electron chi connectivity index (χ4n) is 4.90. The predicted octanol–water partition coefficient (Wildman–Crippen LogP) is 2.70. The van der Waals surface area contributed by atoms with E-state index in [1.807, 2.05) is 17.9 Å². The molecule has 2 heterocycles. The van der Waals surface area contributed by atoms with Crippen molar-refractivity contribution < 1.29 is 18.0 Å². The molecule has 2 aromatic carbocycles. The second kappa shape index (κ2) is 10.4. The van der Waals surface area contributed by atoms with Gasteiger partial charge in [-0.3, -0.25) is 9.59 Å². The third-order valence-corrected chi connectivity index (χ3v) is 8.26. The topological polar surface area (TPSA) is 90.0 Å². The van der Waals surface area contributed by atoms with Crippen LogP contribution in [-0.2, 0) is 26.0 Å². The molecule has 188 valence electrons. The van der Waals surface area contributed by atoms with Gasteiger partial charge in [0.15, 0.2) is 0 Å². The lowest BCUT2D eigenvalue weighted by Crippen LogP contribution is -2.54. The molecule has 2 amide bonds. The summed E-state index contributed by atoms with van der Waals surface area (Å²) in [6.07, 6.45) is 1.16. The Balaban J connectivity index is 1.30. The molecule has 0 aromatic heterocycles. The molecular formula is C26H34N4O4S. The minimum atomic E-state index is -3.74. The summed E-state index contributed by atoms with van der Waals surface area (Å²) >= 11 is 0. The Morgan fingerprint density at radius 3 is 2.57 bits per heavy atom. The molecule has 4 rings (SSSR count). The predicted molar refractivity (Wildman–Crippen MR) is 137 cm³/mol. The maximum absolute atomic E-state index is 12.8. The van der Waals surface area contributed by atoms with Crippen molar-refractivity contribution in [3.63, 3.8) is 0 Å². The van der Waals surface area contributed by atoms with Gasteiger partial charge in [0.1, 0.15) is 0 Å². The van der Waals surface area contributed by atoms with Crippen LogP contribution in [0, 0.1) is 6.92 Å². The third-order valence-electron chi connectivity index (χ3n) is 6.80. The van der Waals surface area contributed by atoms with Gasteiger partial charge in [-0.25, -0.2) is 13.1 Å². The van der Waals surface area contributed by atoms with E-state index in [4.69, 9.17) is 0 Å². The van der Waals surface area contributed by atoms with Gasteiger partial charge in [-0.05, 0) is 61.7 Å². The number of nitrogens with zero attached hydrogens (tertiary/aromatic N) is 3. The summed E-state index contributed by atoms with van der Waals surface area (Å²) in [6, 6.07) is 13.4. The monoisotopic (exact) mass is 498 g/mol. The molecule has 2 aromatic rings. The lowest BCUT2D eigenvalue weighted by molar-refractivity contribution is -0.131. The van der Waals surface area contributed by atoms with Crippen molar-refractivity contribution in [1.29, 1.82) is 0 Å². The lowest BCUT2D eigenvalue weighted by Gasteiger charge is -2.41. The van der Waals surface area contributed by atoms with Crippen molar-refractivity contribution in [2.45, 2.75) is 51.0 Å². The molecule has 0 radical (unpaired) electrons. The van der Waals surface area contributed by atoms with E-state index in [1.165, 1.54) is 11.6 Å². The molecule has 0 bridgehead atoms. The van der Waals surface area contributed by atoms with Crippen LogP contribution in [-0.4, -0.2) is 63.9 Å². The molecule has 35 heavy (non-hydrogen) atoms. The van der Waals surface area contributed by atoms with Gasteiger partial charge in [0.25, 0.3) is 0 Å². The van der Waals surface area contributed by atoms with Crippen LogP contribution in [0.5, 0.6) is 0 Å². The van der Waals surface area contributed by atoms with Crippen LogP contribution in [0.4, 0.5) is 11.4 Å². The molecule has 1 fully saturated rings. The van der Waals surface area contributed by atoms with Crippen LogP contribution >= 0.6 is 0 Å². The van der Waals surface area contributed by atoms with E-state index >= 15 is 0 Å². The summed E-state index contributed by atoms with van der Waals surface area (Å²) in [7, 11) is -3.74. The highest BCUT2D eigenvalue weighted by atomic mass is 32.2. The summed E-state index contributed by atoms with van der Waals surface area (Å²) in [5.41, 5.74) is 4.00. The van der Waals surface area contributed by atoms with Gasteiger partial charge in [0.2, 0.25) is 21.8 Å². The molecule has 0 spiro atoms. The van der Waals surface area contributed by atoms with Gasteiger partial charge in [-0.1, -0.05) is 19.1 Å². The van der Waals surface area contributed by atoms with Gasteiger partial charge < -0.3 is 14.7 Å². The maximum atomic E-state index is 12.8. The maximum Gasteiger partial charge on any atom is 0.240 e. The summed E-state index contributed by atoms with van der Waals surface area (Å²) in [4.78, 5) is 30.9. The minimum absolute atomic E-state index is 0.0324. The Morgan fingerprint density at radius 2 is 1.86 bits per heavy atom.